The van der Waals surface area contributed by atoms with E-state index in [2.05, 4.69) is 10.1 Å². The second-order valence-electron chi connectivity index (χ2n) is 5.40. The molecule has 24 heavy (non-hydrogen) atoms. The Labute approximate surface area is 133 Å². The number of carboxylic acids is 1. The second kappa shape index (κ2) is 5.82. The van der Waals surface area contributed by atoms with E-state index < -0.39 is 48.0 Å². The number of halogens is 3. The summed E-state index contributed by atoms with van der Waals surface area (Å²) in [4.78, 5) is 23.7. The average Bonchev–Trinajstić information content (AvgIpc) is 3.08. The molecule has 1 aromatic rings. The van der Waals surface area contributed by atoms with E-state index >= 15 is 0 Å². The molecule has 0 spiro atoms. The standard InChI is InChI=1S/C15H12F3NO5/c16-15(17,18)24-8-3-1-7(2-4-8)19-13(20)11-9-5-6-10(23-9)12(11)14(21)22/h1-6,9-12H,(H,19,20)(H,21,22). The predicted octanol–water partition coefficient (Wildman–Crippen LogP) is 2.18. The number of anilines is 1. The van der Waals surface area contributed by atoms with E-state index in [9.17, 15) is 27.9 Å². The molecule has 2 N–H and O–H groups in total. The molecule has 0 aromatic heterocycles. The van der Waals surface area contributed by atoms with Crippen LogP contribution in [-0.4, -0.2) is 35.6 Å². The maximum Gasteiger partial charge on any atom is 0.573 e. The van der Waals surface area contributed by atoms with Gasteiger partial charge in [0.25, 0.3) is 0 Å². The molecule has 0 radical (unpaired) electrons. The minimum absolute atomic E-state index is 0.227. The molecule has 3 rings (SSSR count). The van der Waals surface area contributed by atoms with Crippen molar-refractivity contribution in [2.45, 2.75) is 18.6 Å². The molecule has 4 unspecified atom stereocenters. The Hall–Kier alpha value is -2.55. The van der Waals surface area contributed by atoms with Crippen LogP contribution in [0.2, 0.25) is 0 Å². The Balaban J connectivity index is 1.69. The lowest BCUT2D eigenvalue weighted by Crippen LogP contribution is -2.39. The van der Waals surface area contributed by atoms with Crippen molar-refractivity contribution in [2.24, 2.45) is 11.8 Å². The zero-order valence-electron chi connectivity index (χ0n) is 12.0. The maximum atomic E-state index is 12.3. The molecule has 9 heteroatoms. The third kappa shape index (κ3) is 3.21. The summed E-state index contributed by atoms with van der Waals surface area (Å²) in [6.07, 6.45) is -2.83. The summed E-state index contributed by atoms with van der Waals surface area (Å²) in [6.45, 7) is 0. The molecule has 2 aliphatic heterocycles. The highest BCUT2D eigenvalue weighted by Crippen LogP contribution is 2.40. The number of alkyl halides is 3. The number of carbonyl (C=O) groups is 2. The zero-order valence-corrected chi connectivity index (χ0v) is 12.0. The van der Waals surface area contributed by atoms with Crippen molar-refractivity contribution in [2.75, 3.05) is 5.32 Å². The molecular formula is C15H12F3NO5. The molecule has 2 aliphatic rings. The third-order valence-corrected chi connectivity index (χ3v) is 3.84. The number of carbonyl (C=O) groups excluding carboxylic acids is 1. The van der Waals surface area contributed by atoms with Crippen molar-refractivity contribution in [3.63, 3.8) is 0 Å². The molecule has 2 bridgehead atoms. The number of amides is 1. The lowest BCUT2D eigenvalue weighted by molar-refractivity contribution is -0.274. The van der Waals surface area contributed by atoms with Gasteiger partial charge in [-0.1, -0.05) is 12.2 Å². The summed E-state index contributed by atoms with van der Waals surface area (Å²) in [6, 6.07) is 4.57. The number of nitrogens with one attached hydrogen (secondary N) is 1. The van der Waals surface area contributed by atoms with E-state index in [4.69, 9.17) is 4.74 Å². The van der Waals surface area contributed by atoms with Gasteiger partial charge >= 0.3 is 12.3 Å². The molecule has 2 heterocycles. The molecule has 1 saturated heterocycles. The first-order valence-corrected chi connectivity index (χ1v) is 6.98. The Bertz CT molecular complexity index is 685. The normalized spacial score (nSPS) is 28.0. The number of rotatable bonds is 4. The predicted molar refractivity (Wildman–Crippen MR) is 74.2 cm³/mol. The van der Waals surface area contributed by atoms with Gasteiger partial charge in [0.15, 0.2) is 0 Å². The summed E-state index contributed by atoms with van der Waals surface area (Å²) in [5.74, 6) is -4.02. The van der Waals surface area contributed by atoms with Crippen LogP contribution in [0.25, 0.3) is 0 Å². The quantitative estimate of drug-likeness (QED) is 0.819. The highest BCUT2D eigenvalue weighted by Gasteiger charge is 2.53. The molecule has 6 nitrogen and oxygen atoms in total. The van der Waals surface area contributed by atoms with E-state index in [1.807, 2.05) is 0 Å². The van der Waals surface area contributed by atoms with Crippen LogP contribution in [0.5, 0.6) is 5.75 Å². The zero-order chi connectivity index (χ0) is 17.5. The SMILES string of the molecule is O=C(O)C1C2C=CC(O2)C1C(=O)Nc1ccc(OC(F)(F)F)cc1. The lowest BCUT2D eigenvalue weighted by Gasteiger charge is -2.21. The Morgan fingerprint density at radius 1 is 1.08 bits per heavy atom. The fourth-order valence-corrected chi connectivity index (χ4v) is 2.88. The molecular weight excluding hydrogens is 331 g/mol. The van der Waals surface area contributed by atoms with Gasteiger partial charge in [-0.2, -0.15) is 0 Å². The van der Waals surface area contributed by atoms with Crippen LogP contribution in [0, 0.1) is 11.8 Å². The Kier molecular flexibility index (Phi) is 3.96. The fraction of sp³-hybridized carbons (Fsp3) is 0.333. The van der Waals surface area contributed by atoms with E-state index in [1.165, 1.54) is 12.1 Å². The van der Waals surface area contributed by atoms with Crippen molar-refractivity contribution >= 4 is 17.6 Å². The van der Waals surface area contributed by atoms with Crippen LogP contribution >= 0.6 is 0 Å². The van der Waals surface area contributed by atoms with Crippen molar-refractivity contribution in [1.29, 1.82) is 0 Å². The second-order valence-corrected chi connectivity index (χ2v) is 5.40. The monoisotopic (exact) mass is 343 g/mol. The van der Waals surface area contributed by atoms with Crippen molar-refractivity contribution < 1.29 is 37.3 Å². The van der Waals surface area contributed by atoms with Crippen molar-refractivity contribution in [1.82, 2.24) is 0 Å². The average molecular weight is 343 g/mol. The summed E-state index contributed by atoms with van der Waals surface area (Å²) in [5, 5.41) is 11.7. The van der Waals surface area contributed by atoms with E-state index in [0.29, 0.717) is 0 Å². The Morgan fingerprint density at radius 3 is 2.21 bits per heavy atom. The molecule has 1 aromatic carbocycles. The van der Waals surface area contributed by atoms with Crippen molar-refractivity contribution in [3.05, 3.63) is 36.4 Å². The molecule has 128 valence electrons. The Morgan fingerprint density at radius 2 is 1.67 bits per heavy atom. The van der Waals surface area contributed by atoms with Crippen LogP contribution in [-0.2, 0) is 14.3 Å². The molecule has 1 amide bonds. The number of aliphatic carboxylic acids is 1. The first-order valence-electron chi connectivity index (χ1n) is 6.98. The topological polar surface area (TPSA) is 84.9 Å². The van der Waals surface area contributed by atoms with Crippen LogP contribution < -0.4 is 10.1 Å². The van der Waals surface area contributed by atoms with E-state index in [-0.39, 0.29) is 5.69 Å². The third-order valence-electron chi connectivity index (χ3n) is 3.84. The van der Waals surface area contributed by atoms with Gasteiger partial charge in [-0.05, 0) is 24.3 Å². The van der Waals surface area contributed by atoms with Crippen LogP contribution in [0.1, 0.15) is 0 Å². The minimum Gasteiger partial charge on any atom is -0.481 e. The van der Waals surface area contributed by atoms with Gasteiger partial charge in [0, 0.05) is 5.69 Å². The first-order chi connectivity index (χ1) is 11.2. The summed E-state index contributed by atoms with van der Waals surface area (Å²) in [7, 11) is 0. The highest BCUT2D eigenvalue weighted by molar-refractivity contribution is 5.96. The molecule has 0 aliphatic carbocycles. The van der Waals surface area contributed by atoms with Gasteiger partial charge in [0.1, 0.15) is 11.7 Å². The molecule has 4 atom stereocenters. The molecule has 0 saturated carbocycles. The summed E-state index contributed by atoms with van der Waals surface area (Å²) in [5.41, 5.74) is 0.227. The van der Waals surface area contributed by atoms with Gasteiger partial charge in [0.2, 0.25) is 5.91 Å². The fourth-order valence-electron chi connectivity index (χ4n) is 2.88. The van der Waals surface area contributed by atoms with Gasteiger partial charge in [-0.3, -0.25) is 9.59 Å². The maximum absolute atomic E-state index is 12.3. The van der Waals surface area contributed by atoms with Crippen LogP contribution in [0.15, 0.2) is 36.4 Å². The van der Waals surface area contributed by atoms with E-state index in [0.717, 1.165) is 12.1 Å². The number of carboxylic acid groups (broad SMARTS) is 1. The van der Waals surface area contributed by atoms with Crippen LogP contribution in [0.4, 0.5) is 18.9 Å². The minimum atomic E-state index is -4.80. The lowest BCUT2D eigenvalue weighted by atomic mass is 9.82. The smallest absolute Gasteiger partial charge is 0.481 e. The van der Waals surface area contributed by atoms with Gasteiger partial charge in [-0.25, -0.2) is 0 Å². The van der Waals surface area contributed by atoms with Gasteiger partial charge in [-0.15, -0.1) is 13.2 Å². The number of hydrogen-bond acceptors (Lipinski definition) is 4. The van der Waals surface area contributed by atoms with Crippen molar-refractivity contribution in [3.8, 4) is 5.75 Å². The first kappa shape index (κ1) is 16.3. The number of benzene rings is 1. The number of fused-ring (bicyclic) bond motifs is 2. The summed E-state index contributed by atoms with van der Waals surface area (Å²) < 4.78 is 45.4. The largest absolute Gasteiger partial charge is 0.573 e. The van der Waals surface area contributed by atoms with Gasteiger partial charge in [0.05, 0.1) is 18.1 Å². The summed E-state index contributed by atoms with van der Waals surface area (Å²) >= 11 is 0. The number of ether oxygens (including phenoxy) is 2. The number of hydrogen-bond donors (Lipinski definition) is 2. The molecule has 1 fully saturated rings. The van der Waals surface area contributed by atoms with E-state index in [1.54, 1.807) is 12.2 Å². The van der Waals surface area contributed by atoms with Crippen LogP contribution in [0.3, 0.4) is 0 Å². The van der Waals surface area contributed by atoms with Gasteiger partial charge < -0.3 is 19.9 Å². The highest BCUT2D eigenvalue weighted by atomic mass is 19.4.